The van der Waals surface area contributed by atoms with Crippen molar-refractivity contribution in [1.29, 1.82) is 0 Å². The van der Waals surface area contributed by atoms with Crippen molar-refractivity contribution in [2.45, 2.75) is 33.0 Å². The number of methoxy groups -OCH3 is 1. The highest BCUT2D eigenvalue weighted by molar-refractivity contribution is 5.98. The fourth-order valence-corrected chi connectivity index (χ4v) is 3.04. The van der Waals surface area contributed by atoms with E-state index in [0.29, 0.717) is 5.56 Å². The van der Waals surface area contributed by atoms with Gasteiger partial charge in [0.1, 0.15) is 23.2 Å². The van der Waals surface area contributed by atoms with Crippen LogP contribution in [0.15, 0.2) is 36.4 Å². The number of nitrogens with one attached hydrogen (secondary N) is 1. The van der Waals surface area contributed by atoms with Crippen molar-refractivity contribution in [3.63, 3.8) is 0 Å². The first-order chi connectivity index (χ1) is 15.0. The topological polar surface area (TPSA) is 67.9 Å². The lowest BCUT2D eigenvalue weighted by molar-refractivity contribution is -0.133. The van der Waals surface area contributed by atoms with Gasteiger partial charge in [0.2, 0.25) is 5.91 Å². The predicted molar refractivity (Wildman–Crippen MR) is 109 cm³/mol. The predicted octanol–water partition coefficient (Wildman–Crippen LogP) is 3.99. The molecular formula is C22H24F4N2O4. The monoisotopic (exact) mass is 456 g/mol. The number of carbonyl (C=O) groups is 2. The standard InChI is InChI=1S/C22H24F4N2O4/c1-12(2)19(27-20(29)18-14(23)6-5-7-15(18)24)21(30)28(3)11-13-8-9-16(31-4)17(10-13)32-22(25)26/h5-10,12,19,22H,11H2,1-4H3,(H,27,29)/t19-/m0/s1. The van der Waals surface area contributed by atoms with Crippen LogP contribution in [0.1, 0.15) is 29.8 Å². The van der Waals surface area contributed by atoms with Crippen LogP contribution in [0.3, 0.4) is 0 Å². The van der Waals surface area contributed by atoms with Crippen LogP contribution in [0.5, 0.6) is 11.5 Å². The third kappa shape index (κ3) is 6.12. The zero-order valence-corrected chi connectivity index (χ0v) is 18.0. The molecule has 0 aliphatic heterocycles. The number of rotatable bonds is 9. The maximum absolute atomic E-state index is 13.9. The van der Waals surface area contributed by atoms with Crippen LogP contribution >= 0.6 is 0 Å². The van der Waals surface area contributed by atoms with Gasteiger partial charge >= 0.3 is 6.61 Å². The van der Waals surface area contributed by atoms with Crippen molar-refractivity contribution >= 4 is 11.8 Å². The lowest BCUT2D eigenvalue weighted by Gasteiger charge is -2.27. The maximum Gasteiger partial charge on any atom is 0.387 e. The average molecular weight is 456 g/mol. The zero-order valence-electron chi connectivity index (χ0n) is 18.0. The van der Waals surface area contributed by atoms with Gasteiger partial charge < -0.3 is 19.7 Å². The molecular weight excluding hydrogens is 432 g/mol. The molecule has 0 radical (unpaired) electrons. The lowest BCUT2D eigenvalue weighted by atomic mass is 10.0. The Morgan fingerprint density at radius 1 is 1.06 bits per heavy atom. The number of ether oxygens (including phenoxy) is 2. The lowest BCUT2D eigenvalue weighted by Crippen LogP contribution is -2.50. The molecule has 0 aromatic heterocycles. The van der Waals surface area contributed by atoms with Crippen molar-refractivity contribution in [3.05, 3.63) is 59.2 Å². The fraction of sp³-hybridized carbons (Fsp3) is 0.364. The number of hydrogen-bond donors (Lipinski definition) is 1. The molecule has 0 spiro atoms. The van der Waals surface area contributed by atoms with Gasteiger partial charge in [0.15, 0.2) is 11.5 Å². The smallest absolute Gasteiger partial charge is 0.387 e. The van der Waals surface area contributed by atoms with E-state index < -0.39 is 47.6 Å². The number of carbonyl (C=O) groups excluding carboxylic acids is 2. The Labute approximate surface area is 183 Å². The number of nitrogens with zero attached hydrogens (tertiary/aromatic N) is 1. The number of halogens is 4. The van der Waals surface area contributed by atoms with E-state index in [-0.39, 0.29) is 18.0 Å². The van der Waals surface area contributed by atoms with Crippen LogP contribution < -0.4 is 14.8 Å². The Hall–Kier alpha value is -3.30. The fourth-order valence-electron chi connectivity index (χ4n) is 3.04. The molecule has 10 heteroatoms. The van der Waals surface area contributed by atoms with Gasteiger partial charge in [-0.25, -0.2) is 8.78 Å². The second-order valence-corrected chi connectivity index (χ2v) is 7.35. The van der Waals surface area contributed by atoms with E-state index in [1.165, 1.54) is 31.2 Å². The minimum atomic E-state index is -3.06. The molecule has 2 amide bonds. The van der Waals surface area contributed by atoms with E-state index in [2.05, 4.69) is 10.1 Å². The first kappa shape index (κ1) is 25.0. The summed E-state index contributed by atoms with van der Waals surface area (Å²) in [5, 5.41) is 2.38. The first-order valence-corrected chi connectivity index (χ1v) is 9.66. The summed E-state index contributed by atoms with van der Waals surface area (Å²) in [6.07, 6.45) is 0. The van der Waals surface area contributed by atoms with E-state index in [0.717, 1.165) is 18.2 Å². The number of alkyl halides is 2. The van der Waals surface area contributed by atoms with Crippen molar-refractivity contribution in [2.24, 2.45) is 5.92 Å². The highest BCUT2D eigenvalue weighted by Gasteiger charge is 2.29. The second-order valence-electron chi connectivity index (χ2n) is 7.35. The van der Waals surface area contributed by atoms with Crippen LogP contribution in [0.4, 0.5) is 17.6 Å². The van der Waals surface area contributed by atoms with Crippen LogP contribution in [0.25, 0.3) is 0 Å². The van der Waals surface area contributed by atoms with E-state index >= 15 is 0 Å². The van der Waals surface area contributed by atoms with Crippen LogP contribution in [-0.2, 0) is 11.3 Å². The minimum Gasteiger partial charge on any atom is -0.493 e. The molecule has 0 heterocycles. The quantitative estimate of drug-likeness (QED) is 0.580. The Bertz CT molecular complexity index is 949. The molecule has 0 saturated heterocycles. The highest BCUT2D eigenvalue weighted by atomic mass is 19.3. The second kappa shape index (κ2) is 10.8. The third-order valence-corrected chi connectivity index (χ3v) is 4.65. The van der Waals surface area contributed by atoms with Gasteiger partial charge in [-0.3, -0.25) is 9.59 Å². The largest absolute Gasteiger partial charge is 0.493 e. The van der Waals surface area contributed by atoms with E-state index in [9.17, 15) is 27.2 Å². The summed E-state index contributed by atoms with van der Waals surface area (Å²) in [7, 11) is 2.75. The van der Waals surface area contributed by atoms with Gasteiger partial charge in [0.25, 0.3) is 5.91 Å². The summed E-state index contributed by atoms with van der Waals surface area (Å²) in [6.45, 7) is 0.264. The van der Waals surface area contributed by atoms with Crippen LogP contribution in [0, 0.1) is 17.6 Å². The van der Waals surface area contributed by atoms with Crippen molar-refractivity contribution in [2.75, 3.05) is 14.2 Å². The van der Waals surface area contributed by atoms with Gasteiger partial charge in [-0.15, -0.1) is 0 Å². The highest BCUT2D eigenvalue weighted by Crippen LogP contribution is 2.30. The van der Waals surface area contributed by atoms with Gasteiger partial charge in [0, 0.05) is 13.6 Å². The Morgan fingerprint density at radius 2 is 1.69 bits per heavy atom. The summed E-state index contributed by atoms with van der Waals surface area (Å²) < 4.78 is 62.5. The summed E-state index contributed by atoms with van der Waals surface area (Å²) >= 11 is 0. The third-order valence-electron chi connectivity index (χ3n) is 4.65. The minimum absolute atomic E-state index is 0.00439. The summed E-state index contributed by atoms with van der Waals surface area (Å²) in [4.78, 5) is 26.7. The van der Waals surface area contributed by atoms with Crippen molar-refractivity contribution < 1.29 is 36.6 Å². The van der Waals surface area contributed by atoms with Crippen LogP contribution in [-0.4, -0.2) is 43.5 Å². The summed E-state index contributed by atoms with van der Waals surface area (Å²) in [6, 6.07) is 6.24. The van der Waals surface area contributed by atoms with Crippen molar-refractivity contribution in [3.8, 4) is 11.5 Å². The molecule has 0 unspecified atom stereocenters. The molecule has 0 aliphatic carbocycles. The first-order valence-electron chi connectivity index (χ1n) is 9.66. The van der Waals surface area contributed by atoms with Gasteiger partial charge in [-0.05, 0) is 35.7 Å². The zero-order chi connectivity index (χ0) is 24.0. The van der Waals surface area contributed by atoms with Gasteiger partial charge in [-0.1, -0.05) is 26.0 Å². The molecule has 0 saturated carbocycles. The molecule has 0 bridgehead atoms. The molecule has 174 valence electrons. The van der Waals surface area contributed by atoms with E-state index in [1.54, 1.807) is 19.9 Å². The SMILES string of the molecule is COc1ccc(CN(C)C(=O)[C@@H](NC(=O)c2c(F)cccc2F)C(C)C)cc1OC(F)F. The Balaban J connectivity index is 2.19. The molecule has 2 rings (SSSR count). The Morgan fingerprint density at radius 3 is 2.22 bits per heavy atom. The molecule has 0 fully saturated rings. The summed E-state index contributed by atoms with van der Waals surface area (Å²) in [5.41, 5.74) is -0.316. The molecule has 1 N–H and O–H groups in total. The van der Waals surface area contributed by atoms with Crippen molar-refractivity contribution in [1.82, 2.24) is 10.2 Å². The normalized spacial score (nSPS) is 11.9. The number of hydrogen-bond acceptors (Lipinski definition) is 4. The number of amides is 2. The molecule has 1 atom stereocenters. The Kier molecular flexibility index (Phi) is 8.45. The average Bonchev–Trinajstić information content (AvgIpc) is 2.71. The van der Waals surface area contributed by atoms with E-state index in [1.807, 2.05) is 0 Å². The molecule has 0 aliphatic rings. The molecule has 2 aromatic carbocycles. The number of likely N-dealkylation sites (N-methyl/N-ethyl adjacent to an activating group) is 1. The maximum atomic E-state index is 13.9. The van der Waals surface area contributed by atoms with Crippen LogP contribution in [0.2, 0.25) is 0 Å². The van der Waals surface area contributed by atoms with Gasteiger partial charge in [0.05, 0.1) is 7.11 Å². The molecule has 2 aromatic rings. The van der Waals surface area contributed by atoms with E-state index in [4.69, 9.17) is 4.74 Å². The summed E-state index contributed by atoms with van der Waals surface area (Å²) in [5.74, 6) is -4.18. The molecule has 6 nitrogen and oxygen atoms in total. The number of benzene rings is 2. The molecule has 32 heavy (non-hydrogen) atoms. The van der Waals surface area contributed by atoms with Gasteiger partial charge in [-0.2, -0.15) is 8.78 Å².